The van der Waals surface area contributed by atoms with Gasteiger partial charge in [0, 0.05) is 15.4 Å². The summed E-state index contributed by atoms with van der Waals surface area (Å²) in [5, 5.41) is 3.74. The Morgan fingerprint density at radius 1 is 1.41 bits per heavy atom. The predicted octanol–water partition coefficient (Wildman–Crippen LogP) is 5.50. The lowest BCUT2D eigenvalue weighted by Gasteiger charge is -2.23. The van der Waals surface area contributed by atoms with Crippen LogP contribution >= 0.6 is 43.2 Å². The SMILES string of the molecule is CCCNC(c1cc(Br)c(Br)s1)C1CCCC1. The predicted molar refractivity (Wildman–Crippen MR) is 82.7 cm³/mol. The van der Waals surface area contributed by atoms with Gasteiger partial charge in [0.25, 0.3) is 0 Å². The molecule has 0 bridgehead atoms. The van der Waals surface area contributed by atoms with Crippen molar-refractivity contribution in [2.24, 2.45) is 5.92 Å². The van der Waals surface area contributed by atoms with E-state index in [0.29, 0.717) is 6.04 Å². The summed E-state index contributed by atoms with van der Waals surface area (Å²) in [5.41, 5.74) is 0. The fraction of sp³-hybridized carbons (Fsp3) is 0.692. The summed E-state index contributed by atoms with van der Waals surface area (Å²) in [6, 6.07) is 2.84. The van der Waals surface area contributed by atoms with E-state index in [1.54, 1.807) is 0 Å². The van der Waals surface area contributed by atoms with E-state index in [1.807, 2.05) is 11.3 Å². The summed E-state index contributed by atoms with van der Waals surface area (Å²) in [5.74, 6) is 0.832. The first-order chi connectivity index (χ1) is 8.22. The second-order valence-electron chi connectivity index (χ2n) is 4.75. The molecule has 2 rings (SSSR count). The molecule has 1 nitrogen and oxygen atoms in total. The molecule has 4 heteroatoms. The molecule has 0 aromatic carbocycles. The lowest BCUT2D eigenvalue weighted by molar-refractivity contribution is 0.373. The molecule has 1 heterocycles. The molecule has 0 spiro atoms. The standard InChI is InChI=1S/C13H19Br2NS/c1-2-7-16-12(9-5-3-4-6-9)11-8-10(14)13(15)17-11/h8-9,12,16H,2-7H2,1H3. The van der Waals surface area contributed by atoms with E-state index in [0.717, 1.165) is 12.5 Å². The average molecular weight is 381 g/mol. The molecule has 1 aromatic heterocycles. The highest BCUT2D eigenvalue weighted by molar-refractivity contribution is 9.13. The van der Waals surface area contributed by atoms with Gasteiger partial charge in [0.1, 0.15) is 0 Å². The maximum atomic E-state index is 3.74. The van der Waals surface area contributed by atoms with Crippen LogP contribution in [0, 0.1) is 5.92 Å². The van der Waals surface area contributed by atoms with E-state index in [1.165, 1.54) is 45.2 Å². The molecule has 1 atom stereocenters. The molecule has 1 N–H and O–H groups in total. The van der Waals surface area contributed by atoms with E-state index in [2.05, 4.69) is 50.2 Å². The lowest BCUT2D eigenvalue weighted by atomic mass is 9.96. The van der Waals surface area contributed by atoms with Crippen LogP contribution in [0.1, 0.15) is 49.9 Å². The zero-order valence-corrected chi connectivity index (χ0v) is 14.1. The number of nitrogens with one attached hydrogen (secondary N) is 1. The van der Waals surface area contributed by atoms with Crippen molar-refractivity contribution in [3.8, 4) is 0 Å². The summed E-state index contributed by atoms with van der Waals surface area (Å²) in [4.78, 5) is 1.48. The zero-order chi connectivity index (χ0) is 12.3. The van der Waals surface area contributed by atoms with Crippen molar-refractivity contribution >= 4 is 43.2 Å². The second-order valence-corrected chi connectivity index (χ2v) is 8.00. The fourth-order valence-electron chi connectivity index (χ4n) is 2.61. The Balaban J connectivity index is 2.13. The Morgan fingerprint density at radius 3 is 2.65 bits per heavy atom. The van der Waals surface area contributed by atoms with Crippen LogP contribution in [-0.4, -0.2) is 6.54 Å². The van der Waals surface area contributed by atoms with Gasteiger partial charge in [-0.15, -0.1) is 11.3 Å². The number of hydrogen-bond acceptors (Lipinski definition) is 2. The van der Waals surface area contributed by atoms with Gasteiger partial charge in [-0.25, -0.2) is 0 Å². The van der Waals surface area contributed by atoms with Crippen molar-refractivity contribution in [2.45, 2.75) is 45.1 Å². The van der Waals surface area contributed by atoms with Crippen LogP contribution in [0.2, 0.25) is 0 Å². The highest BCUT2D eigenvalue weighted by Crippen LogP contribution is 2.42. The van der Waals surface area contributed by atoms with Crippen molar-refractivity contribution in [2.75, 3.05) is 6.54 Å². The Kier molecular flexibility index (Phi) is 5.52. The van der Waals surface area contributed by atoms with Crippen molar-refractivity contribution in [3.05, 3.63) is 19.2 Å². The van der Waals surface area contributed by atoms with Crippen molar-refractivity contribution in [3.63, 3.8) is 0 Å². The Morgan fingerprint density at radius 2 is 2.12 bits per heavy atom. The summed E-state index contributed by atoms with van der Waals surface area (Å²) in [6.45, 7) is 3.35. The third-order valence-corrected chi connectivity index (χ3v) is 6.80. The first-order valence-corrected chi connectivity index (χ1v) is 8.80. The van der Waals surface area contributed by atoms with Gasteiger partial charge in [-0.05, 0) is 69.7 Å². The smallest absolute Gasteiger partial charge is 0.0843 e. The van der Waals surface area contributed by atoms with Crippen LogP contribution in [0.5, 0.6) is 0 Å². The quantitative estimate of drug-likeness (QED) is 0.710. The van der Waals surface area contributed by atoms with E-state index >= 15 is 0 Å². The van der Waals surface area contributed by atoms with Crippen LogP contribution < -0.4 is 5.32 Å². The van der Waals surface area contributed by atoms with E-state index in [4.69, 9.17) is 0 Å². The molecule has 1 aliphatic rings. The third-order valence-electron chi connectivity index (χ3n) is 3.46. The Hall–Kier alpha value is 0.620. The molecule has 0 radical (unpaired) electrons. The van der Waals surface area contributed by atoms with Crippen LogP contribution in [0.25, 0.3) is 0 Å². The molecule has 1 saturated carbocycles. The Bertz CT molecular complexity index is 339. The van der Waals surface area contributed by atoms with E-state index in [-0.39, 0.29) is 0 Å². The van der Waals surface area contributed by atoms with Gasteiger partial charge in [-0.1, -0.05) is 19.8 Å². The summed E-state index contributed by atoms with van der Waals surface area (Å²) >= 11 is 9.07. The molecule has 0 amide bonds. The molecular formula is C13H19Br2NS. The summed E-state index contributed by atoms with van der Waals surface area (Å²) < 4.78 is 2.41. The van der Waals surface area contributed by atoms with Crippen molar-refractivity contribution in [1.82, 2.24) is 5.32 Å². The first-order valence-electron chi connectivity index (χ1n) is 6.40. The molecule has 1 unspecified atom stereocenters. The number of hydrogen-bond donors (Lipinski definition) is 1. The Labute approximate surface area is 125 Å². The van der Waals surface area contributed by atoms with Crippen LogP contribution in [0.15, 0.2) is 14.3 Å². The number of rotatable bonds is 5. The fourth-order valence-corrected chi connectivity index (χ4v) is 4.87. The van der Waals surface area contributed by atoms with Crippen molar-refractivity contribution in [1.29, 1.82) is 0 Å². The highest BCUT2D eigenvalue weighted by Gasteiger charge is 2.27. The minimum absolute atomic E-state index is 0.560. The molecule has 96 valence electrons. The lowest BCUT2D eigenvalue weighted by Crippen LogP contribution is -2.27. The number of halogens is 2. The number of thiophene rings is 1. The van der Waals surface area contributed by atoms with E-state index in [9.17, 15) is 0 Å². The maximum absolute atomic E-state index is 3.74. The van der Waals surface area contributed by atoms with Gasteiger partial charge in [0.15, 0.2) is 0 Å². The topological polar surface area (TPSA) is 12.0 Å². The molecule has 1 fully saturated rings. The van der Waals surface area contributed by atoms with Gasteiger partial charge in [0.2, 0.25) is 0 Å². The molecular weight excluding hydrogens is 362 g/mol. The molecule has 0 aliphatic heterocycles. The van der Waals surface area contributed by atoms with Gasteiger partial charge < -0.3 is 5.32 Å². The minimum Gasteiger partial charge on any atom is -0.309 e. The molecule has 1 aromatic rings. The molecule has 0 saturated heterocycles. The van der Waals surface area contributed by atoms with Crippen LogP contribution in [0.4, 0.5) is 0 Å². The van der Waals surface area contributed by atoms with Gasteiger partial charge in [-0.3, -0.25) is 0 Å². The largest absolute Gasteiger partial charge is 0.309 e. The average Bonchev–Trinajstić information content (AvgIpc) is 2.92. The second kappa shape index (κ2) is 6.69. The molecule has 1 aliphatic carbocycles. The first kappa shape index (κ1) is 14.0. The van der Waals surface area contributed by atoms with Crippen molar-refractivity contribution < 1.29 is 0 Å². The minimum atomic E-state index is 0.560. The van der Waals surface area contributed by atoms with Crippen LogP contribution in [0.3, 0.4) is 0 Å². The van der Waals surface area contributed by atoms with Gasteiger partial charge >= 0.3 is 0 Å². The normalized spacial score (nSPS) is 18.8. The zero-order valence-electron chi connectivity index (χ0n) is 10.1. The monoisotopic (exact) mass is 379 g/mol. The molecule has 17 heavy (non-hydrogen) atoms. The van der Waals surface area contributed by atoms with Gasteiger partial charge in [0.05, 0.1) is 3.79 Å². The maximum Gasteiger partial charge on any atom is 0.0843 e. The van der Waals surface area contributed by atoms with Gasteiger partial charge in [-0.2, -0.15) is 0 Å². The third kappa shape index (κ3) is 3.55. The van der Waals surface area contributed by atoms with Crippen LogP contribution in [-0.2, 0) is 0 Å². The summed E-state index contributed by atoms with van der Waals surface area (Å²) in [6.07, 6.45) is 6.78. The summed E-state index contributed by atoms with van der Waals surface area (Å²) in [7, 11) is 0. The highest BCUT2D eigenvalue weighted by atomic mass is 79.9. The van der Waals surface area contributed by atoms with E-state index < -0.39 is 0 Å².